The molecule has 0 rings (SSSR count). The summed E-state index contributed by atoms with van der Waals surface area (Å²) in [5.74, 6) is 0.457. The van der Waals surface area contributed by atoms with Crippen molar-refractivity contribution < 1.29 is 9.63 Å². The molecule has 2 N–H and O–H groups in total. The van der Waals surface area contributed by atoms with Crippen molar-refractivity contribution in [2.45, 2.75) is 20.8 Å². The summed E-state index contributed by atoms with van der Waals surface area (Å²) in [6.45, 7) is 7.47. The van der Waals surface area contributed by atoms with E-state index in [2.05, 4.69) is 24.6 Å². The zero-order valence-corrected chi connectivity index (χ0v) is 8.02. The molecule has 72 valence electrons. The minimum Gasteiger partial charge on any atom is -0.355 e. The van der Waals surface area contributed by atoms with E-state index in [4.69, 9.17) is 4.84 Å². The number of nitrogens with one attached hydrogen (secondary N) is 2. The van der Waals surface area contributed by atoms with Crippen LogP contribution in [-0.2, 0) is 9.63 Å². The molecule has 0 aliphatic rings. The van der Waals surface area contributed by atoms with E-state index in [1.807, 2.05) is 6.92 Å². The van der Waals surface area contributed by atoms with E-state index in [9.17, 15) is 4.79 Å². The molecule has 0 unspecified atom stereocenters. The summed E-state index contributed by atoms with van der Waals surface area (Å²) in [6.07, 6.45) is 0. The van der Waals surface area contributed by atoms with Gasteiger partial charge in [-0.25, -0.2) is 0 Å². The zero-order chi connectivity index (χ0) is 9.40. The molecule has 4 nitrogen and oxygen atoms in total. The van der Waals surface area contributed by atoms with E-state index in [0.717, 1.165) is 0 Å². The summed E-state index contributed by atoms with van der Waals surface area (Å²) in [4.78, 5) is 15.8. The lowest BCUT2D eigenvalue weighted by atomic mass is 10.2. The highest BCUT2D eigenvalue weighted by atomic mass is 16.6. The van der Waals surface area contributed by atoms with Crippen molar-refractivity contribution in [1.82, 2.24) is 10.8 Å². The molecule has 0 bridgehead atoms. The van der Waals surface area contributed by atoms with Gasteiger partial charge in [0, 0.05) is 6.54 Å². The first-order valence-electron chi connectivity index (χ1n) is 4.28. The van der Waals surface area contributed by atoms with Gasteiger partial charge in [0.2, 0.25) is 5.91 Å². The maximum atomic E-state index is 11.0. The third-order valence-corrected chi connectivity index (χ3v) is 1.19. The van der Waals surface area contributed by atoms with Gasteiger partial charge in [-0.1, -0.05) is 13.8 Å². The lowest BCUT2D eigenvalue weighted by Crippen LogP contribution is -2.35. The first kappa shape index (κ1) is 11.4. The van der Waals surface area contributed by atoms with E-state index in [-0.39, 0.29) is 12.5 Å². The topological polar surface area (TPSA) is 50.4 Å². The van der Waals surface area contributed by atoms with Crippen molar-refractivity contribution in [3.05, 3.63) is 0 Å². The number of hydrogen-bond donors (Lipinski definition) is 2. The van der Waals surface area contributed by atoms with E-state index >= 15 is 0 Å². The van der Waals surface area contributed by atoms with Crippen LogP contribution < -0.4 is 10.8 Å². The number of rotatable bonds is 6. The Morgan fingerprint density at radius 2 is 2.17 bits per heavy atom. The predicted molar refractivity (Wildman–Crippen MR) is 47.5 cm³/mol. The zero-order valence-electron chi connectivity index (χ0n) is 8.02. The molecule has 12 heavy (non-hydrogen) atoms. The van der Waals surface area contributed by atoms with Gasteiger partial charge in [0.05, 0.1) is 13.2 Å². The summed E-state index contributed by atoms with van der Waals surface area (Å²) in [5, 5.41) is 2.76. The van der Waals surface area contributed by atoms with Crippen molar-refractivity contribution >= 4 is 5.91 Å². The van der Waals surface area contributed by atoms with Crippen LogP contribution in [0.2, 0.25) is 0 Å². The van der Waals surface area contributed by atoms with Crippen molar-refractivity contribution in [2.75, 3.05) is 19.7 Å². The molecule has 0 radical (unpaired) electrons. The molecule has 0 aliphatic heterocycles. The van der Waals surface area contributed by atoms with Gasteiger partial charge in [0.25, 0.3) is 0 Å². The Hall–Kier alpha value is -0.610. The summed E-state index contributed by atoms with van der Waals surface area (Å²) >= 11 is 0. The first-order chi connectivity index (χ1) is 5.66. The quantitative estimate of drug-likeness (QED) is 0.450. The Morgan fingerprint density at radius 1 is 1.50 bits per heavy atom. The molecule has 0 saturated carbocycles. The molecular weight excluding hydrogens is 156 g/mol. The summed E-state index contributed by atoms with van der Waals surface area (Å²) in [7, 11) is 0. The SMILES string of the molecule is CCONCC(=O)NCC(C)C. The number of hydroxylamine groups is 1. The smallest absolute Gasteiger partial charge is 0.236 e. The van der Waals surface area contributed by atoms with E-state index < -0.39 is 0 Å². The van der Waals surface area contributed by atoms with Crippen molar-refractivity contribution in [2.24, 2.45) is 5.92 Å². The Labute approximate surface area is 73.6 Å². The second-order valence-corrected chi connectivity index (χ2v) is 2.95. The number of carbonyl (C=O) groups is 1. The Morgan fingerprint density at radius 3 is 2.67 bits per heavy atom. The van der Waals surface area contributed by atoms with E-state index in [0.29, 0.717) is 19.1 Å². The Bertz CT molecular complexity index is 126. The van der Waals surface area contributed by atoms with Gasteiger partial charge in [-0.2, -0.15) is 5.48 Å². The van der Waals surface area contributed by atoms with Gasteiger partial charge in [0.15, 0.2) is 0 Å². The maximum absolute atomic E-state index is 11.0. The molecule has 0 saturated heterocycles. The fourth-order valence-electron chi connectivity index (χ4n) is 0.599. The van der Waals surface area contributed by atoms with Crippen LogP contribution >= 0.6 is 0 Å². The minimum atomic E-state index is -0.0304. The molecule has 0 aromatic carbocycles. The van der Waals surface area contributed by atoms with Crippen LogP contribution in [0.5, 0.6) is 0 Å². The second kappa shape index (κ2) is 7.06. The molecule has 0 aromatic rings. The van der Waals surface area contributed by atoms with Crippen molar-refractivity contribution in [1.29, 1.82) is 0 Å². The summed E-state index contributed by atoms with van der Waals surface area (Å²) in [5.41, 5.74) is 2.55. The molecule has 0 heterocycles. The largest absolute Gasteiger partial charge is 0.355 e. The van der Waals surface area contributed by atoms with Gasteiger partial charge < -0.3 is 10.2 Å². The molecule has 0 atom stereocenters. The van der Waals surface area contributed by atoms with Crippen LogP contribution in [0.3, 0.4) is 0 Å². The Balaban J connectivity index is 3.22. The van der Waals surface area contributed by atoms with Crippen LogP contribution in [0.25, 0.3) is 0 Å². The molecule has 4 heteroatoms. The molecule has 1 amide bonds. The van der Waals surface area contributed by atoms with Gasteiger partial charge in [0.1, 0.15) is 0 Å². The predicted octanol–water partition coefficient (Wildman–Crippen LogP) is 0.300. The maximum Gasteiger partial charge on any atom is 0.236 e. The summed E-state index contributed by atoms with van der Waals surface area (Å²) in [6, 6.07) is 0. The van der Waals surface area contributed by atoms with Crippen LogP contribution in [0, 0.1) is 5.92 Å². The molecular formula is C8H18N2O2. The number of hydrogen-bond acceptors (Lipinski definition) is 3. The lowest BCUT2D eigenvalue weighted by Gasteiger charge is -2.07. The second-order valence-electron chi connectivity index (χ2n) is 2.95. The Kier molecular flexibility index (Phi) is 6.70. The minimum absolute atomic E-state index is 0.0304. The average Bonchev–Trinajstić information content (AvgIpc) is 2.01. The third kappa shape index (κ3) is 7.50. The lowest BCUT2D eigenvalue weighted by molar-refractivity contribution is -0.122. The number of carbonyl (C=O) groups excluding carboxylic acids is 1. The van der Waals surface area contributed by atoms with Crippen LogP contribution in [0.4, 0.5) is 0 Å². The highest BCUT2D eigenvalue weighted by Crippen LogP contribution is 1.85. The fraction of sp³-hybridized carbons (Fsp3) is 0.875. The average molecular weight is 174 g/mol. The van der Waals surface area contributed by atoms with E-state index in [1.165, 1.54) is 0 Å². The highest BCUT2D eigenvalue weighted by Gasteiger charge is 2.00. The van der Waals surface area contributed by atoms with Crippen LogP contribution in [0.15, 0.2) is 0 Å². The highest BCUT2D eigenvalue weighted by molar-refractivity contribution is 5.77. The van der Waals surface area contributed by atoms with E-state index in [1.54, 1.807) is 0 Å². The van der Waals surface area contributed by atoms with Gasteiger partial charge in [-0.3, -0.25) is 4.79 Å². The first-order valence-corrected chi connectivity index (χ1v) is 4.28. The molecule has 0 fully saturated rings. The fourth-order valence-corrected chi connectivity index (χ4v) is 0.599. The van der Waals surface area contributed by atoms with Crippen LogP contribution in [-0.4, -0.2) is 25.6 Å². The summed E-state index contributed by atoms with van der Waals surface area (Å²) < 4.78 is 0. The molecule has 0 spiro atoms. The van der Waals surface area contributed by atoms with Crippen molar-refractivity contribution in [3.63, 3.8) is 0 Å². The van der Waals surface area contributed by atoms with Crippen molar-refractivity contribution in [3.8, 4) is 0 Å². The number of amides is 1. The standard InChI is InChI=1S/C8H18N2O2/c1-4-12-10-6-8(11)9-5-7(2)3/h7,10H,4-6H2,1-3H3,(H,9,11). The van der Waals surface area contributed by atoms with Crippen LogP contribution in [0.1, 0.15) is 20.8 Å². The monoisotopic (exact) mass is 174 g/mol. The molecule has 0 aromatic heterocycles. The normalized spacial score (nSPS) is 10.3. The van der Waals surface area contributed by atoms with Gasteiger partial charge in [-0.15, -0.1) is 0 Å². The third-order valence-electron chi connectivity index (χ3n) is 1.19. The van der Waals surface area contributed by atoms with Gasteiger partial charge in [-0.05, 0) is 12.8 Å². The molecule has 0 aliphatic carbocycles. The van der Waals surface area contributed by atoms with Gasteiger partial charge >= 0.3 is 0 Å².